The minimum atomic E-state index is 0.782. The monoisotopic (exact) mass is 252 g/mol. The molecular formula is C14H24N2S. The third kappa shape index (κ3) is 5.00. The minimum absolute atomic E-state index is 0.782. The molecule has 0 amide bonds. The maximum Gasteiger partial charge on any atom is 0.0314 e. The van der Waals surface area contributed by atoms with Crippen molar-refractivity contribution in [2.45, 2.75) is 36.8 Å². The molecule has 1 aromatic carbocycles. The number of rotatable bonds is 2. The lowest BCUT2D eigenvalue weighted by Crippen LogP contribution is -2.31. The molecule has 0 spiro atoms. The second kappa shape index (κ2) is 7.62. The molecule has 2 rings (SSSR count). The fourth-order valence-electron chi connectivity index (χ4n) is 1.84. The molecular weight excluding hydrogens is 228 g/mol. The van der Waals surface area contributed by atoms with Gasteiger partial charge in [-0.1, -0.05) is 13.8 Å². The van der Waals surface area contributed by atoms with Crippen LogP contribution in [0.15, 0.2) is 29.2 Å². The van der Waals surface area contributed by atoms with Gasteiger partial charge in [0.2, 0.25) is 0 Å². The Kier molecular flexibility index (Phi) is 6.45. The predicted octanol–water partition coefficient (Wildman–Crippen LogP) is 3.48. The number of nitrogens with two attached hydrogens (primary N) is 1. The molecule has 1 aromatic rings. The van der Waals surface area contributed by atoms with Crippen molar-refractivity contribution in [2.24, 2.45) is 0 Å². The van der Waals surface area contributed by atoms with Crippen molar-refractivity contribution in [1.82, 2.24) is 4.90 Å². The SMILES string of the molecule is CC.CN1CCC(Sc2ccc(N)cc2)CC1. The van der Waals surface area contributed by atoms with Crippen molar-refractivity contribution in [1.29, 1.82) is 0 Å². The molecule has 96 valence electrons. The van der Waals surface area contributed by atoms with Gasteiger partial charge in [0.05, 0.1) is 0 Å². The summed E-state index contributed by atoms with van der Waals surface area (Å²) in [4.78, 5) is 3.75. The maximum absolute atomic E-state index is 5.66. The summed E-state index contributed by atoms with van der Waals surface area (Å²) >= 11 is 1.99. The van der Waals surface area contributed by atoms with Crippen LogP contribution in [0.1, 0.15) is 26.7 Å². The van der Waals surface area contributed by atoms with Crippen LogP contribution in [0.25, 0.3) is 0 Å². The van der Waals surface area contributed by atoms with Crippen molar-refractivity contribution < 1.29 is 0 Å². The third-order valence-electron chi connectivity index (χ3n) is 2.85. The van der Waals surface area contributed by atoms with Crippen LogP contribution in [0.2, 0.25) is 0 Å². The summed E-state index contributed by atoms with van der Waals surface area (Å²) in [6.07, 6.45) is 2.59. The first-order valence-corrected chi connectivity index (χ1v) is 7.33. The zero-order valence-electron chi connectivity index (χ0n) is 11.1. The van der Waals surface area contributed by atoms with E-state index in [1.165, 1.54) is 30.8 Å². The number of piperidine rings is 1. The number of hydrogen-bond acceptors (Lipinski definition) is 3. The molecule has 0 aromatic heterocycles. The molecule has 3 heteroatoms. The fourth-order valence-corrected chi connectivity index (χ4v) is 2.97. The number of nitrogens with zero attached hydrogens (tertiary/aromatic N) is 1. The van der Waals surface area contributed by atoms with E-state index in [-0.39, 0.29) is 0 Å². The first kappa shape index (κ1) is 14.4. The van der Waals surface area contributed by atoms with Gasteiger partial charge in [0, 0.05) is 15.8 Å². The molecule has 0 atom stereocenters. The molecule has 0 radical (unpaired) electrons. The maximum atomic E-state index is 5.66. The van der Waals surface area contributed by atoms with Gasteiger partial charge in [0.1, 0.15) is 0 Å². The Hall–Kier alpha value is -0.670. The average molecular weight is 252 g/mol. The van der Waals surface area contributed by atoms with Crippen LogP contribution < -0.4 is 5.73 Å². The Bertz CT molecular complexity index is 303. The third-order valence-corrected chi connectivity index (χ3v) is 4.20. The normalized spacial score (nSPS) is 17.4. The predicted molar refractivity (Wildman–Crippen MR) is 78.6 cm³/mol. The number of anilines is 1. The zero-order valence-corrected chi connectivity index (χ0v) is 12.0. The van der Waals surface area contributed by atoms with Crippen LogP contribution >= 0.6 is 11.8 Å². The Balaban J connectivity index is 0.000000686. The number of benzene rings is 1. The van der Waals surface area contributed by atoms with E-state index in [0.29, 0.717) is 0 Å². The molecule has 2 nitrogen and oxygen atoms in total. The average Bonchev–Trinajstić information content (AvgIpc) is 2.37. The van der Waals surface area contributed by atoms with Crippen LogP contribution in [0, 0.1) is 0 Å². The molecule has 1 fully saturated rings. The number of likely N-dealkylation sites (tertiary alicyclic amines) is 1. The van der Waals surface area contributed by atoms with Gasteiger partial charge >= 0.3 is 0 Å². The van der Waals surface area contributed by atoms with Gasteiger partial charge in [-0.05, 0) is 57.2 Å². The highest BCUT2D eigenvalue weighted by atomic mass is 32.2. The Labute approximate surface area is 110 Å². The summed E-state index contributed by atoms with van der Waals surface area (Å²) in [5.41, 5.74) is 6.51. The summed E-state index contributed by atoms with van der Waals surface area (Å²) in [7, 11) is 2.20. The van der Waals surface area contributed by atoms with E-state index < -0.39 is 0 Å². The summed E-state index contributed by atoms with van der Waals surface area (Å²) < 4.78 is 0. The topological polar surface area (TPSA) is 29.3 Å². The summed E-state index contributed by atoms with van der Waals surface area (Å²) in [5.74, 6) is 0. The van der Waals surface area contributed by atoms with E-state index in [0.717, 1.165) is 10.9 Å². The molecule has 0 saturated carbocycles. The molecule has 17 heavy (non-hydrogen) atoms. The van der Waals surface area contributed by atoms with Crippen molar-refractivity contribution >= 4 is 17.4 Å². The highest BCUT2D eigenvalue weighted by Gasteiger charge is 2.17. The quantitative estimate of drug-likeness (QED) is 0.817. The molecule has 0 bridgehead atoms. The molecule has 1 saturated heterocycles. The van der Waals surface area contributed by atoms with Crippen LogP contribution in [0.3, 0.4) is 0 Å². The number of nitrogen functional groups attached to an aromatic ring is 1. The van der Waals surface area contributed by atoms with Gasteiger partial charge in [-0.25, -0.2) is 0 Å². The molecule has 1 heterocycles. The van der Waals surface area contributed by atoms with E-state index in [1.807, 2.05) is 37.7 Å². The highest BCUT2D eigenvalue weighted by Crippen LogP contribution is 2.30. The van der Waals surface area contributed by atoms with Crippen LogP contribution in [-0.2, 0) is 0 Å². The van der Waals surface area contributed by atoms with Gasteiger partial charge in [-0.15, -0.1) is 11.8 Å². The van der Waals surface area contributed by atoms with Crippen LogP contribution in [0.5, 0.6) is 0 Å². The van der Waals surface area contributed by atoms with Gasteiger partial charge in [0.15, 0.2) is 0 Å². The van der Waals surface area contributed by atoms with Gasteiger partial charge in [-0.2, -0.15) is 0 Å². The lowest BCUT2D eigenvalue weighted by Gasteiger charge is -2.28. The first-order chi connectivity index (χ1) is 8.24. The number of thioether (sulfide) groups is 1. The molecule has 1 aliphatic rings. The van der Waals surface area contributed by atoms with Crippen LogP contribution in [-0.4, -0.2) is 30.3 Å². The fraction of sp³-hybridized carbons (Fsp3) is 0.571. The van der Waals surface area contributed by atoms with Gasteiger partial charge in [0.25, 0.3) is 0 Å². The second-order valence-corrected chi connectivity index (χ2v) is 5.56. The van der Waals surface area contributed by atoms with Crippen LogP contribution in [0.4, 0.5) is 5.69 Å². The number of hydrogen-bond donors (Lipinski definition) is 1. The zero-order chi connectivity index (χ0) is 12.7. The van der Waals surface area contributed by atoms with Gasteiger partial charge in [-0.3, -0.25) is 0 Å². The molecule has 1 aliphatic heterocycles. The van der Waals surface area contributed by atoms with E-state index in [9.17, 15) is 0 Å². The molecule has 0 aliphatic carbocycles. The van der Waals surface area contributed by atoms with Crippen molar-refractivity contribution in [3.8, 4) is 0 Å². The molecule has 2 N–H and O–H groups in total. The second-order valence-electron chi connectivity index (χ2n) is 4.19. The Morgan fingerprint density at radius 3 is 2.18 bits per heavy atom. The Morgan fingerprint density at radius 1 is 1.12 bits per heavy atom. The first-order valence-electron chi connectivity index (χ1n) is 6.45. The summed E-state index contributed by atoms with van der Waals surface area (Å²) in [6.45, 7) is 6.46. The highest BCUT2D eigenvalue weighted by molar-refractivity contribution is 8.00. The standard InChI is InChI=1S/C12H18N2S.C2H6/c1-14-8-6-12(7-9-14)15-11-4-2-10(13)3-5-11;1-2/h2-5,12H,6-9,13H2,1H3;1-2H3. The minimum Gasteiger partial charge on any atom is -0.399 e. The largest absolute Gasteiger partial charge is 0.399 e. The lowest BCUT2D eigenvalue weighted by atomic mass is 10.1. The lowest BCUT2D eigenvalue weighted by molar-refractivity contribution is 0.282. The summed E-state index contributed by atoms with van der Waals surface area (Å²) in [5, 5.41) is 0.782. The molecule has 0 unspecified atom stereocenters. The van der Waals surface area contributed by atoms with E-state index in [4.69, 9.17) is 5.73 Å². The Morgan fingerprint density at radius 2 is 1.65 bits per heavy atom. The van der Waals surface area contributed by atoms with Gasteiger partial charge < -0.3 is 10.6 Å². The van der Waals surface area contributed by atoms with Crippen molar-refractivity contribution in [3.63, 3.8) is 0 Å². The smallest absolute Gasteiger partial charge is 0.0314 e. The van der Waals surface area contributed by atoms with Crippen molar-refractivity contribution in [2.75, 3.05) is 25.9 Å². The van der Waals surface area contributed by atoms with E-state index >= 15 is 0 Å². The van der Waals surface area contributed by atoms with Crippen molar-refractivity contribution in [3.05, 3.63) is 24.3 Å². The summed E-state index contributed by atoms with van der Waals surface area (Å²) in [6, 6.07) is 8.21. The van der Waals surface area contributed by atoms with E-state index in [1.54, 1.807) is 0 Å². The van der Waals surface area contributed by atoms with E-state index in [2.05, 4.69) is 24.1 Å².